The van der Waals surface area contributed by atoms with Crippen LogP contribution in [0.15, 0.2) is 4.99 Å². The molecule has 76 valence electrons. The molecule has 0 saturated carbocycles. The Morgan fingerprint density at radius 1 is 1.14 bits per heavy atom. The lowest BCUT2D eigenvalue weighted by molar-refractivity contribution is 0.642. The van der Waals surface area contributed by atoms with E-state index in [0.717, 1.165) is 0 Å². The molecule has 14 heavy (non-hydrogen) atoms. The zero-order valence-corrected chi connectivity index (χ0v) is 9.77. The van der Waals surface area contributed by atoms with E-state index in [2.05, 4.69) is 15.0 Å². The van der Waals surface area contributed by atoms with Crippen molar-refractivity contribution in [1.82, 2.24) is 14.9 Å². The highest BCUT2D eigenvalue weighted by molar-refractivity contribution is 6.46. The molecule has 7 heteroatoms. The summed E-state index contributed by atoms with van der Waals surface area (Å²) in [6.07, 6.45) is 1.54. The summed E-state index contributed by atoms with van der Waals surface area (Å²) in [5.74, 6) is 0.179. The lowest BCUT2D eigenvalue weighted by Crippen LogP contribution is -2.07. The first-order chi connectivity index (χ1) is 6.50. The summed E-state index contributed by atoms with van der Waals surface area (Å²) in [6, 6.07) is 0. The third kappa shape index (κ3) is 2.97. The van der Waals surface area contributed by atoms with Gasteiger partial charge in [-0.05, 0) is 0 Å². The minimum Gasteiger partial charge on any atom is -0.369 e. The molecule has 1 aromatic rings. The van der Waals surface area contributed by atoms with E-state index in [1.54, 1.807) is 4.90 Å². The molecule has 0 saturated heterocycles. The van der Waals surface area contributed by atoms with Crippen molar-refractivity contribution in [1.29, 1.82) is 0 Å². The van der Waals surface area contributed by atoms with Gasteiger partial charge in [-0.15, -0.1) is 0 Å². The SMILES string of the molecule is CN(C)C=Nc1nc(Cl)c(Cl)c(Cl)n1. The van der Waals surface area contributed by atoms with Crippen LogP contribution >= 0.6 is 34.8 Å². The number of aromatic nitrogens is 2. The van der Waals surface area contributed by atoms with Gasteiger partial charge in [-0.25, -0.2) is 4.99 Å². The molecule has 1 aromatic heterocycles. The van der Waals surface area contributed by atoms with Crippen molar-refractivity contribution < 1.29 is 0 Å². The highest BCUT2D eigenvalue weighted by Crippen LogP contribution is 2.28. The van der Waals surface area contributed by atoms with Gasteiger partial charge in [-0.1, -0.05) is 34.8 Å². The third-order valence-corrected chi connectivity index (χ3v) is 2.26. The normalized spacial score (nSPS) is 10.9. The number of nitrogens with zero attached hydrogens (tertiary/aromatic N) is 4. The molecule has 0 radical (unpaired) electrons. The quantitative estimate of drug-likeness (QED) is 0.462. The number of hydrogen-bond acceptors (Lipinski definition) is 3. The molecular formula is C7H7Cl3N4. The third-order valence-electron chi connectivity index (χ3n) is 1.16. The summed E-state index contributed by atoms with van der Waals surface area (Å²) in [6.45, 7) is 0. The van der Waals surface area contributed by atoms with Gasteiger partial charge in [0.15, 0.2) is 10.3 Å². The van der Waals surface area contributed by atoms with E-state index in [1.165, 1.54) is 6.34 Å². The van der Waals surface area contributed by atoms with E-state index < -0.39 is 0 Å². The second-order valence-electron chi connectivity index (χ2n) is 2.63. The molecule has 1 rings (SSSR count). The fourth-order valence-corrected chi connectivity index (χ4v) is 1.07. The Balaban J connectivity index is 3.01. The minimum absolute atomic E-state index is 0.0950. The Morgan fingerprint density at radius 3 is 2.07 bits per heavy atom. The standard InChI is InChI=1S/C7H7Cl3N4/c1-14(2)3-11-7-12-5(9)4(8)6(10)13-7/h3H,1-2H3. The maximum absolute atomic E-state index is 5.68. The predicted octanol–water partition coefficient (Wildman–Crippen LogP) is 2.66. The summed E-state index contributed by atoms with van der Waals surface area (Å²) in [7, 11) is 3.64. The lowest BCUT2D eigenvalue weighted by atomic mass is 10.6. The average molecular weight is 254 g/mol. The molecule has 4 nitrogen and oxygen atoms in total. The van der Waals surface area contributed by atoms with Gasteiger partial charge in [-0.2, -0.15) is 9.97 Å². The van der Waals surface area contributed by atoms with Crippen molar-refractivity contribution in [3.63, 3.8) is 0 Å². The van der Waals surface area contributed by atoms with Crippen LogP contribution in [0.4, 0.5) is 5.95 Å². The van der Waals surface area contributed by atoms with Crippen LogP contribution in [0.25, 0.3) is 0 Å². The largest absolute Gasteiger partial charge is 0.369 e. The van der Waals surface area contributed by atoms with E-state index >= 15 is 0 Å². The van der Waals surface area contributed by atoms with E-state index in [1.807, 2.05) is 14.1 Å². The van der Waals surface area contributed by atoms with Gasteiger partial charge in [0.2, 0.25) is 0 Å². The van der Waals surface area contributed by atoms with E-state index in [-0.39, 0.29) is 21.3 Å². The first kappa shape index (κ1) is 11.5. The van der Waals surface area contributed by atoms with Crippen molar-refractivity contribution in [2.45, 2.75) is 0 Å². The lowest BCUT2D eigenvalue weighted by Gasteiger charge is -2.02. The molecule has 1 heterocycles. The van der Waals surface area contributed by atoms with Crippen LogP contribution in [-0.2, 0) is 0 Å². The number of hydrogen-bond donors (Lipinski definition) is 0. The van der Waals surface area contributed by atoms with Crippen molar-refractivity contribution in [2.24, 2.45) is 4.99 Å². The Morgan fingerprint density at radius 2 is 1.64 bits per heavy atom. The summed E-state index contributed by atoms with van der Waals surface area (Å²) >= 11 is 17.0. The second-order valence-corrected chi connectivity index (χ2v) is 3.72. The van der Waals surface area contributed by atoms with E-state index in [4.69, 9.17) is 34.8 Å². The molecule has 0 bridgehead atoms. The van der Waals surface area contributed by atoms with Crippen LogP contribution in [0.3, 0.4) is 0 Å². The van der Waals surface area contributed by atoms with E-state index in [0.29, 0.717) is 0 Å². The zero-order chi connectivity index (χ0) is 10.7. The maximum atomic E-state index is 5.68. The van der Waals surface area contributed by atoms with Crippen molar-refractivity contribution >= 4 is 47.1 Å². The van der Waals surface area contributed by atoms with E-state index in [9.17, 15) is 0 Å². The number of rotatable bonds is 2. The summed E-state index contributed by atoms with van der Waals surface area (Å²) in [5, 5.41) is 0.326. The molecular weight excluding hydrogens is 246 g/mol. The summed E-state index contributed by atoms with van der Waals surface area (Å²) in [4.78, 5) is 13.3. The van der Waals surface area contributed by atoms with Crippen LogP contribution in [0.1, 0.15) is 0 Å². The van der Waals surface area contributed by atoms with Gasteiger partial charge in [0.25, 0.3) is 5.95 Å². The number of aliphatic imine (C=N–C) groups is 1. The van der Waals surface area contributed by atoms with Gasteiger partial charge in [0.05, 0.1) is 6.34 Å². The van der Waals surface area contributed by atoms with Gasteiger partial charge in [-0.3, -0.25) is 0 Å². The topological polar surface area (TPSA) is 41.4 Å². The van der Waals surface area contributed by atoms with Gasteiger partial charge in [0.1, 0.15) is 5.02 Å². The van der Waals surface area contributed by atoms with Crippen molar-refractivity contribution in [3.05, 3.63) is 15.3 Å². The van der Waals surface area contributed by atoms with Crippen molar-refractivity contribution in [3.8, 4) is 0 Å². The first-order valence-electron chi connectivity index (χ1n) is 3.60. The minimum atomic E-state index is 0.0950. The molecule has 0 aliphatic rings. The van der Waals surface area contributed by atoms with Crippen LogP contribution in [0, 0.1) is 0 Å². The van der Waals surface area contributed by atoms with Crippen molar-refractivity contribution in [2.75, 3.05) is 14.1 Å². The molecule has 0 aromatic carbocycles. The van der Waals surface area contributed by atoms with Gasteiger partial charge >= 0.3 is 0 Å². The number of halogens is 3. The molecule has 0 aliphatic carbocycles. The molecule has 0 N–H and O–H groups in total. The Hall–Kier alpha value is -0.580. The summed E-state index contributed by atoms with van der Waals surface area (Å²) in [5.41, 5.74) is 0. The highest BCUT2D eigenvalue weighted by atomic mass is 35.5. The zero-order valence-electron chi connectivity index (χ0n) is 7.50. The summed E-state index contributed by atoms with van der Waals surface area (Å²) < 4.78 is 0. The molecule has 0 aliphatic heterocycles. The first-order valence-corrected chi connectivity index (χ1v) is 4.73. The Labute approximate surface area is 96.5 Å². The molecule has 0 unspecified atom stereocenters. The van der Waals surface area contributed by atoms with Gasteiger partial charge in [0, 0.05) is 14.1 Å². The van der Waals surface area contributed by atoms with Crippen LogP contribution in [0.5, 0.6) is 0 Å². The molecule has 0 spiro atoms. The second kappa shape index (κ2) is 4.77. The van der Waals surface area contributed by atoms with Gasteiger partial charge < -0.3 is 4.90 Å². The van der Waals surface area contributed by atoms with Crippen LogP contribution in [-0.4, -0.2) is 35.3 Å². The monoisotopic (exact) mass is 252 g/mol. The molecule has 0 atom stereocenters. The predicted molar refractivity (Wildman–Crippen MR) is 58.9 cm³/mol. The Kier molecular flexibility index (Phi) is 3.92. The average Bonchev–Trinajstić information content (AvgIpc) is 2.10. The molecule has 0 amide bonds. The highest BCUT2D eigenvalue weighted by Gasteiger charge is 2.07. The smallest absolute Gasteiger partial charge is 0.253 e. The van der Waals surface area contributed by atoms with Crippen LogP contribution < -0.4 is 0 Å². The fraction of sp³-hybridized carbons (Fsp3) is 0.286. The maximum Gasteiger partial charge on any atom is 0.253 e. The van der Waals surface area contributed by atoms with Crippen LogP contribution in [0.2, 0.25) is 15.3 Å². The Bertz CT molecular complexity index is 341. The fourth-order valence-electron chi connectivity index (χ4n) is 0.609. The molecule has 0 fully saturated rings.